The Morgan fingerprint density at radius 1 is 1.06 bits per heavy atom. The van der Waals surface area contributed by atoms with Gasteiger partial charge in [-0.1, -0.05) is 60.7 Å². The van der Waals surface area contributed by atoms with Crippen LogP contribution in [-0.4, -0.2) is 46.8 Å². The lowest BCUT2D eigenvalue weighted by Gasteiger charge is -2.28. The molecule has 0 amide bonds. The normalized spacial score (nSPS) is 13.2. The number of rotatable bonds is 11. The molecule has 0 saturated heterocycles. The number of hydrogen-bond acceptors (Lipinski definition) is 5. The van der Waals surface area contributed by atoms with Crippen LogP contribution in [0.5, 0.6) is 0 Å². The zero-order valence-corrected chi connectivity index (χ0v) is 17.8. The Balaban J connectivity index is 1.85. The number of hydrogen-bond donors (Lipinski definition) is 1. The molecule has 0 aliphatic carbocycles. The van der Waals surface area contributed by atoms with Gasteiger partial charge < -0.3 is 14.7 Å². The lowest BCUT2D eigenvalue weighted by molar-refractivity contribution is -0.142. The van der Waals surface area contributed by atoms with Crippen LogP contribution in [0, 0.1) is 0 Å². The predicted octanol–water partition coefficient (Wildman–Crippen LogP) is 4.91. The highest BCUT2D eigenvalue weighted by atomic mass is 16.5. The van der Waals surface area contributed by atoms with Gasteiger partial charge in [-0.05, 0) is 26.7 Å². The summed E-state index contributed by atoms with van der Waals surface area (Å²) >= 11 is 0. The van der Waals surface area contributed by atoms with Gasteiger partial charge >= 0.3 is 5.97 Å². The SMILES string of the molecule is [2H]C([2H])(OCCCCN(c1cnc(-c2ccccc2)c(-c2ccccc2)n1)C([2H])(C)C)C(=O)O. The molecule has 0 bridgehead atoms. The molecule has 3 rings (SSSR count). The third-order valence-corrected chi connectivity index (χ3v) is 4.71. The Bertz CT molecular complexity index is 1090. The Morgan fingerprint density at radius 3 is 2.26 bits per heavy atom. The summed E-state index contributed by atoms with van der Waals surface area (Å²) in [7, 11) is 0. The summed E-state index contributed by atoms with van der Waals surface area (Å²) < 4.78 is 28.1. The second-order valence-corrected chi connectivity index (χ2v) is 7.22. The van der Waals surface area contributed by atoms with Gasteiger partial charge in [-0.2, -0.15) is 0 Å². The molecule has 6 nitrogen and oxygen atoms in total. The van der Waals surface area contributed by atoms with Gasteiger partial charge in [0.25, 0.3) is 0 Å². The quantitative estimate of drug-likeness (QED) is 0.443. The molecule has 0 radical (unpaired) electrons. The molecule has 0 spiro atoms. The van der Waals surface area contributed by atoms with Crippen molar-refractivity contribution < 1.29 is 18.8 Å². The molecule has 0 fully saturated rings. The van der Waals surface area contributed by atoms with Gasteiger partial charge in [0.2, 0.25) is 0 Å². The van der Waals surface area contributed by atoms with E-state index in [1.807, 2.05) is 65.6 Å². The Hall–Kier alpha value is -3.25. The van der Waals surface area contributed by atoms with Gasteiger partial charge in [0.05, 0.1) is 21.7 Å². The second-order valence-electron chi connectivity index (χ2n) is 7.22. The number of carboxylic acids is 1. The van der Waals surface area contributed by atoms with Crippen molar-refractivity contribution in [2.24, 2.45) is 0 Å². The maximum atomic E-state index is 10.8. The van der Waals surface area contributed by atoms with E-state index < -0.39 is 18.5 Å². The number of nitrogens with zero attached hydrogens (tertiary/aromatic N) is 3. The molecule has 6 heteroatoms. The predicted molar refractivity (Wildman–Crippen MR) is 123 cm³/mol. The van der Waals surface area contributed by atoms with Gasteiger partial charge in [-0.15, -0.1) is 0 Å². The lowest BCUT2D eigenvalue weighted by Crippen LogP contribution is -2.33. The van der Waals surface area contributed by atoms with Crippen molar-refractivity contribution >= 4 is 11.8 Å². The van der Waals surface area contributed by atoms with Gasteiger partial charge in [0.15, 0.2) is 0 Å². The minimum absolute atomic E-state index is 0.0422. The van der Waals surface area contributed by atoms with Crippen LogP contribution in [-0.2, 0) is 9.53 Å². The first kappa shape index (κ1) is 18.5. The van der Waals surface area contributed by atoms with Crippen molar-refractivity contribution in [3.05, 3.63) is 66.9 Å². The maximum absolute atomic E-state index is 10.8. The fourth-order valence-corrected chi connectivity index (χ4v) is 3.24. The van der Waals surface area contributed by atoms with Crippen LogP contribution < -0.4 is 4.90 Å². The molecule has 1 heterocycles. The molecule has 0 atom stereocenters. The summed E-state index contributed by atoms with van der Waals surface area (Å²) in [5, 5.41) is 8.82. The fourth-order valence-electron chi connectivity index (χ4n) is 3.24. The number of benzene rings is 2. The maximum Gasteiger partial charge on any atom is 0.329 e. The summed E-state index contributed by atoms with van der Waals surface area (Å²) in [6, 6.07) is 18.6. The molecule has 0 aliphatic rings. The first-order chi connectivity index (χ1) is 16.1. The molecule has 3 aromatic rings. The highest BCUT2D eigenvalue weighted by molar-refractivity contribution is 5.78. The van der Waals surface area contributed by atoms with Crippen LogP contribution in [0.1, 0.15) is 30.8 Å². The van der Waals surface area contributed by atoms with E-state index in [1.165, 1.54) is 0 Å². The van der Waals surface area contributed by atoms with E-state index in [4.69, 9.17) is 23.9 Å². The zero-order chi connectivity index (χ0) is 24.8. The third kappa shape index (κ3) is 6.36. The average Bonchev–Trinajstić information content (AvgIpc) is 2.81. The monoisotopic (exact) mass is 422 g/mol. The second kappa shape index (κ2) is 11.2. The van der Waals surface area contributed by atoms with Crippen LogP contribution >= 0.6 is 0 Å². The summed E-state index contributed by atoms with van der Waals surface area (Å²) in [6.07, 6.45) is 2.66. The van der Waals surface area contributed by atoms with Crippen molar-refractivity contribution in [3.8, 4) is 22.5 Å². The topological polar surface area (TPSA) is 75.5 Å². The standard InChI is InChI=1S/C25H29N3O3/c1-19(2)28(15-9-10-16-31-18-23(29)30)22-17-26-24(20-11-5-3-6-12-20)25(27-22)21-13-7-4-8-14-21/h3-8,11-14,17,19H,9-10,15-16,18H2,1-2H3,(H,29,30)/i18D2,19D. The van der Waals surface area contributed by atoms with E-state index >= 15 is 0 Å². The first-order valence-electron chi connectivity index (χ1n) is 11.7. The summed E-state index contributed by atoms with van der Waals surface area (Å²) in [5.74, 6) is -1.09. The smallest absolute Gasteiger partial charge is 0.329 e. The summed E-state index contributed by atoms with van der Waals surface area (Å²) in [6.45, 7) is 1.23. The largest absolute Gasteiger partial charge is 0.480 e. The van der Waals surface area contributed by atoms with Crippen molar-refractivity contribution in [2.75, 3.05) is 24.6 Å². The number of carboxylic acid groups (broad SMARTS) is 1. The molecular formula is C25H29N3O3. The first-order valence-corrected chi connectivity index (χ1v) is 10.2. The van der Waals surface area contributed by atoms with E-state index in [1.54, 1.807) is 20.0 Å². The van der Waals surface area contributed by atoms with E-state index in [-0.39, 0.29) is 6.61 Å². The van der Waals surface area contributed by atoms with Gasteiger partial charge in [0.1, 0.15) is 12.4 Å². The fraction of sp³-hybridized carbons (Fsp3) is 0.320. The van der Waals surface area contributed by atoms with Crippen LogP contribution in [0.2, 0.25) is 0 Å². The van der Waals surface area contributed by atoms with Gasteiger partial charge in [-0.25, -0.2) is 9.78 Å². The van der Waals surface area contributed by atoms with Crippen LogP contribution in [0.3, 0.4) is 0 Å². The number of anilines is 1. The Kier molecular flexibility index (Phi) is 6.70. The molecule has 0 aliphatic heterocycles. The molecular weight excluding hydrogens is 390 g/mol. The molecule has 0 saturated carbocycles. The van der Waals surface area contributed by atoms with Crippen LogP contribution in [0.4, 0.5) is 5.82 Å². The van der Waals surface area contributed by atoms with Crippen molar-refractivity contribution in [1.82, 2.24) is 9.97 Å². The van der Waals surface area contributed by atoms with E-state index in [0.29, 0.717) is 25.2 Å². The molecule has 1 aromatic heterocycles. The zero-order valence-electron chi connectivity index (χ0n) is 20.8. The number of carbonyl (C=O) groups is 1. The molecule has 2 aromatic carbocycles. The summed E-state index contributed by atoms with van der Waals surface area (Å²) in [5.41, 5.74) is 3.34. The number of ether oxygens (including phenoxy) is 1. The third-order valence-electron chi connectivity index (χ3n) is 4.71. The highest BCUT2D eigenvalue weighted by Crippen LogP contribution is 2.30. The van der Waals surface area contributed by atoms with Gasteiger partial charge in [0, 0.05) is 30.3 Å². The van der Waals surface area contributed by atoms with E-state index in [2.05, 4.69) is 0 Å². The molecule has 162 valence electrons. The van der Waals surface area contributed by atoms with Crippen LogP contribution in [0.25, 0.3) is 22.5 Å². The van der Waals surface area contributed by atoms with Gasteiger partial charge in [-0.3, -0.25) is 4.98 Å². The van der Waals surface area contributed by atoms with Crippen molar-refractivity contribution in [3.63, 3.8) is 0 Å². The Labute approximate surface area is 187 Å². The number of unbranched alkanes of at least 4 members (excludes halogenated alkanes) is 1. The Morgan fingerprint density at radius 2 is 1.68 bits per heavy atom. The van der Waals surface area contributed by atoms with E-state index in [9.17, 15) is 4.79 Å². The minimum Gasteiger partial charge on any atom is -0.480 e. The molecule has 1 N–H and O–H groups in total. The minimum atomic E-state index is -2.71. The number of aliphatic carboxylic acids is 1. The van der Waals surface area contributed by atoms with E-state index in [0.717, 1.165) is 22.5 Å². The number of aromatic nitrogens is 2. The molecule has 31 heavy (non-hydrogen) atoms. The summed E-state index contributed by atoms with van der Waals surface area (Å²) in [4.78, 5) is 22.3. The van der Waals surface area contributed by atoms with Crippen LogP contribution in [0.15, 0.2) is 66.9 Å². The van der Waals surface area contributed by atoms with Crippen molar-refractivity contribution in [2.45, 2.75) is 32.7 Å². The average molecular weight is 423 g/mol. The van der Waals surface area contributed by atoms with Crippen molar-refractivity contribution in [1.29, 1.82) is 0 Å². The lowest BCUT2D eigenvalue weighted by atomic mass is 10.0. The molecule has 0 unspecified atom stereocenters. The highest BCUT2D eigenvalue weighted by Gasteiger charge is 2.17.